The van der Waals surface area contributed by atoms with Crippen LogP contribution in [0.5, 0.6) is 0 Å². The Morgan fingerprint density at radius 1 is 1.43 bits per heavy atom. The van der Waals surface area contributed by atoms with Gasteiger partial charge in [-0.1, -0.05) is 42.1 Å². The van der Waals surface area contributed by atoms with Gasteiger partial charge in [-0.3, -0.25) is 10.1 Å². The van der Waals surface area contributed by atoms with Crippen molar-refractivity contribution in [2.24, 2.45) is 11.8 Å². The van der Waals surface area contributed by atoms with Crippen molar-refractivity contribution in [2.75, 3.05) is 6.54 Å². The molecule has 0 bridgehead atoms. The topological polar surface area (TPSA) is 55.2 Å². The highest BCUT2D eigenvalue weighted by atomic mass is 79.9. The van der Waals surface area contributed by atoms with Crippen molar-refractivity contribution in [3.8, 4) is 0 Å². The van der Waals surface area contributed by atoms with Crippen LogP contribution in [0.2, 0.25) is 0 Å². The van der Waals surface area contributed by atoms with E-state index in [-0.39, 0.29) is 10.6 Å². The fourth-order valence-corrected chi connectivity index (χ4v) is 3.63. The van der Waals surface area contributed by atoms with E-state index in [0.717, 1.165) is 28.4 Å². The van der Waals surface area contributed by atoms with Gasteiger partial charge in [0, 0.05) is 22.6 Å². The number of hydrogen-bond acceptors (Lipinski definition) is 3. The quantitative estimate of drug-likeness (QED) is 0.459. The van der Waals surface area contributed by atoms with Crippen molar-refractivity contribution < 1.29 is 4.92 Å². The van der Waals surface area contributed by atoms with E-state index in [1.807, 2.05) is 6.07 Å². The molecule has 1 aliphatic carbocycles. The number of nitrogens with one attached hydrogen (secondary N) is 1. The van der Waals surface area contributed by atoms with E-state index in [2.05, 4.69) is 28.2 Å². The molecule has 5 heteroatoms. The minimum atomic E-state index is -0.313. The molecule has 21 heavy (non-hydrogen) atoms. The van der Waals surface area contributed by atoms with Gasteiger partial charge >= 0.3 is 0 Å². The maximum Gasteiger partial charge on any atom is 0.273 e. The normalized spacial score (nSPS) is 22.2. The van der Waals surface area contributed by atoms with Crippen LogP contribution in [-0.4, -0.2) is 11.5 Å². The lowest BCUT2D eigenvalue weighted by Gasteiger charge is -2.26. The third-order valence-corrected chi connectivity index (χ3v) is 4.82. The second-order valence-corrected chi connectivity index (χ2v) is 7.05. The minimum absolute atomic E-state index is 0.192. The average molecular weight is 355 g/mol. The summed E-state index contributed by atoms with van der Waals surface area (Å²) in [6, 6.07) is 5.10. The summed E-state index contributed by atoms with van der Waals surface area (Å²) < 4.78 is 0.881. The van der Waals surface area contributed by atoms with Crippen LogP contribution in [0.4, 0.5) is 5.69 Å². The van der Waals surface area contributed by atoms with Crippen molar-refractivity contribution in [1.82, 2.24) is 5.32 Å². The van der Waals surface area contributed by atoms with Crippen LogP contribution in [0.1, 0.15) is 44.6 Å². The summed E-state index contributed by atoms with van der Waals surface area (Å²) in [5, 5.41) is 14.4. The third-order valence-electron chi connectivity index (χ3n) is 4.33. The van der Waals surface area contributed by atoms with Gasteiger partial charge in [0.1, 0.15) is 0 Å². The third kappa shape index (κ3) is 5.08. The van der Waals surface area contributed by atoms with E-state index >= 15 is 0 Å². The monoisotopic (exact) mass is 354 g/mol. The van der Waals surface area contributed by atoms with E-state index in [4.69, 9.17) is 0 Å². The first-order chi connectivity index (χ1) is 10.1. The number of rotatable bonds is 6. The Balaban J connectivity index is 1.80. The predicted molar refractivity (Wildman–Crippen MR) is 88.2 cm³/mol. The van der Waals surface area contributed by atoms with Crippen molar-refractivity contribution >= 4 is 21.6 Å². The standard InChI is InChI=1S/C16H23BrN2O2/c1-12-3-2-4-13(9-12)7-8-18-11-14-10-15(17)5-6-16(14)19(20)21/h5-6,10,12-13,18H,2-4,7-9,11H2,1H3. The molecule has 0 aromatic heterocycles. The highest BCUT2D eigenvalue weighted by Gasteiger charge is 2.18. The number of nitrogens with zero attached hydrogens (tertiary/aromatic N) is 1. The van der Waals surface area contributed by atoms with Crippen LogP contribution in [0.3, 0.4) is 0 Å². The Kier molecular flexibility index (Phi) is 6.18. The summed E-state index contributed by atoms with van der Waals surface area (Å²) in [7, 11) is 0. The first-order valence-electron chi connectivity index (χ1n) is 7.70. The van der Waals surface area contributed by atoms with Gasteiger partial charge in [0.15, 0.2) is 0 Å². The van der Waals surface area contributed by atoms with Crippen LogP contribution in [0.25, 0.3) is 0 Å². The summed E-state index contributed by atoms with van der Waals surface area (Å²) in [6.07, 6.45) is 6.56. The Bertz CT molecular complexity index is 493. The molecular weight excluding hydrogens is 332 g/mol. The zero-order chi connectivity index (χ0) is 15.2. The van der Waals surface area contributed by atoms with Gasteiger partial charge in [0.05, 0.1) is 4.92 Å². The summed E-state index contributed by atoms with van der Waals surface area (Å²) in [5.74, 6) is 1.67. The Morgan fingerprint density at radius 2 is 2.24 bits per heavy atom. The summed E-state index contributed by atoms with van der Waals surface area (Å²) >= 11 is 3.37. The predicted octanol–water partition coefficient (Wildman–Crippen LogP) is 4.66. The molecule has 0 heterocycles. The lowest BCUT2D eigenvalue weighted by molar-refractivity contribution is -0.385. The fraction of sp³-hybridized carbons (Fsp3) is 0.625. The van der Waals surface area contributed by atoms with E-state index < -0.39 is 0 Å². The largest absolute Gasteiger partial charge is 0.312 e. The average Bonchev–Trinajstić information content (AvgIpc) is 2.43. The molecule has 1 aromatic rings. The Labute approximate surface area is 134 Å². The van der Waals surface area contributed by atoms with Crippen LogP contribution < -0.4 is 5.32 Å². The molecule has 1 N–H and O–H groups in total. The van der Waals surface area contributed by atoms with Gasteiger partial charge in [-0.05, 0) is 43.4 Å². The number of hydrogen-bond donors (Lipinski definition) is 1. The lowest BCUT2D eigenvalue weighted by atomic mass is 9.81. The highest BCUT2D eigenvalue weighted by molar-refractivity contribution is 9.10. The maximum atomic E-state index is 11.0. The molecule has 116 valence electrons. The van der Waals surface area contributed by atoms with E-state index in [1.54, 1.807) is 12.1 Å². The van der Waals surface area contributed by atoms with Crippen molar-refractivity contribution in [1.29, 1.82) is 0 Å². The molecule has 1 aliphatic rings. The molecule has 2 unspecified atom stereocenters. The van der Waals surface area contributed by atoms with E-state index in [0.29, 0.717) is 6.54 Å². The van der Waals surface area contributed by atoms with Crippen LogP contribution >= 0.6 is 15.9 Å². The first-order valence-corrected chi connectivity index (χ1v) is 8.49. The highest BCUT2D eigenvalue weighted by Crippen LogP contribution is 2.30. The number of halogens is 1. The van der Waals surface area contributed by atoms with E-state index in [9.17, 15) is 10.1 Å². The molecule has 0 amide bonds. The molecule has 0 aliphatic heterocycles. The molecule has 2 atom stereocenters. The zero-order valence-electron chi connectivity index (χ0n) is 12.5. The van der Waals surface area contributed by atoms with Crippen molar-refractivity contribution in [2.45, 2.75) is 45.6 Å². The second-order valence-electron chi connectivity index (χ2n) is 6.13. The molecule has 2 rings (SSSR count). The van der Waals surface area contributed by atoms with Crippen LogP contribution in [-0.2, 0) is 6.54 Å². The fourth-order valence-electron chi connectivity index (χ4n) is 3.22. The summed E-state index contributed by atoms with van der Waals surface area (Å²) in [6.45, 7) is 3.82. The number of nitro groups is 1. The maximum absolute atomic E-state index is 11.0. The molecule has 0 radical (unpaired) electrons. The summed E-state index contributed by atoms with van der Waals surface area (Å²) in [5.41, 5.74) is 0.934. The minimum Gasteiger partial charge on any atom is -0.312 e. The number of nitro benzene ring substituents is 1. The Hall–Kier alpha value is -0.940. The molecule has 0 saturated heterocycles. The molecule has 1 aromatic carbocycles. The lowest BCUT2D eigenvalue weighted by Crippen LogP contribution is -2.21. The first kappa shape index (κ1) is 16.4. The van der Waals surface area contributed by atoms with Gasteiger partial charge in [-0.2, -0.15) is 0 Å². The van der Waals surface area contributed by atoms with Gasteiger partial charge in [-0.25, -0.2) is 0 Å². The van der Waals surface area contributed by atoms with Gasteiger partial charge in [0.25, 0.3) is 5.69 Å². The van der Waals surface area contributed by atoms with Gasteiger partial charge in [0.2, 0.25) is 0 Å². The molecule has 0 spiro atoms. The SMILES string of the molecule is CC1CCCC(CCNCc2cc(Br)ccc2[N+](=O)[O-])C1. The smallest absolute Gasteiger partial charge is 0.273 e. The van der Waals surface area contributed by atoms with Gasteiger partial charge in [-0.15, -0.1) is 0 Å². The molecule has 1 fully saturated rings. The summed E-state index contributed by atoms with van der Waals surface area (Å²) in [4.78, 5) is 10.7. The zero-order valence-corrected chi connectivity index (χ0v) is 14.1. The van der Waals surface area contributed by atoms with E-state index in [1.165, 1.54) is 32.1 Å². The van der Waals surface area contributed by atoms with Crippen LogP contribution in [0, 0.1) is 22.0 Å². The second kappa shape index (κ2) is 7.90. The molecular formula is C16H23BrN2O2. The van der Waals surface area contributed by atoms with Crippen molar-refractivity contribution in [3.63, 3.8) is 0 Å². The van der Waals surface area contributed by atoms with Crippen molar-refractivity contribution in [3.05, 3.63) is 38.3 Å². The van der Waals surface area contributed by atoms with Gasteiger partial charge < -0.3 is 5.32 Å². The molecule has 4 nitrogen and oxygen atoms in total. The number of benzene rings is 1. The Morgan fingerprint density at radius 3 is 2.95 bits per heavy atom. The van der Waals surface area contributed by atoms with Crippen LogP contribution in [0.15, 0.2) is 22.7 Å². The molecule has 1 saturated carbocycles.